The van der Waals surface area contributed by atoms with Crippen molar-refractivity contribution in [3.8, 4) is 11.5 Å². The van der Waals surface area contributed by atoms with Gasteiger partial charge < -0.3 is 20.1 Å². The van der Waals surface area contributed by atoms with E-state index in [1.54, 1.807) is 0 Å². The monoisotopic (exact) mass is 722 g/mol. The van der Waals surface area contributed by atoms with Gasteiger partial charge >= 0.3 is 11.9 Å². The molecule has 3 unspecified atom stereocenters. The van der Waals surface area contributed by atoms with Gasteiger partial charge in [-0.25, -0.2) is 0 Å². The minimum Gasteiger partial charge on any atom is -0.507 e. The molecule has 1 aliphatic heterocycles. The van der Waals surface area contributed by atoms with Crippen molar-refractivity contribution >= 4 is 11.9 Å². The van der Waals surface area contributed by atoms with Gasteiger partial charge in [0, 0.05) is 11.1 Å². The van der Waals surface area contributed by atoms with Crippen LogP contribution in [0.3, 0.4) is 0 Å². The van der Waals surface area contributed by atoms with Gasteiger partial charge in [0.2, 0.25) is 0 Å². The second-order valence-corrected chi connectivity index (χ2v) is 21.3. The van der Waals surface area contributed by atoms with Crippen LogP contribution in [0.4, 0.5) is 0 Å². The van der Waals surface area contributed by atoms with Crippen LogP contribution in [-0.4, -0.2) is 49.5 Å². The molecule has 0 saturated carbocycles. The summed E-state index contributed by atoms with van der Waals surface area (Å²) in [7, 11) is 0. The average Bonchev–Trinajstić information content (AvgIpc) is 2.92. The fourth-order valence-corrected chi connectivity index (χ4v) is 8.81. The number of ether oxygens (including phenoxy) is 1. The number of hydrogen-bond acceptors (Lipinski definition) is 6. The zero-order valence-corrected chi connectivity index (χ0v) is 36.0. The second-order valence-electron chi connectivity index (χ2n) is 21.3. The normalized spacial score (nSPS) is 19.8. The van der Waals surface area contributed by atoms with Gasteiger partial charge in [-0.3, -0.25) is 14.5 Å². The van der Waals surface area contributed by atoms with Crippen LogP contribution in [-0.2, 0) is 41.4 Å². The van der Waals surface area contributed by atoms with E-state index in [0.29, 0.717) is 18.4 Å². The van der Waals surface area contributed by atoms with Gasteiger partial charge in [-0.05, 0) is 122 Å². The summed E-state index contributed by atoms with van der Waals surface area (Å²) in [4.78, 5) is 29.8. The van der Waals surface area contributed by atoms with E-state index in [1.165, 1.54) is 0 Å². The highest BCUT2D eigenvalue weighted by Gasteiger charge is 2.55. The molecule has 3 N–H and O–H groups in total. The van der Waals surface area contributed by atoms with Crippen LogP contribution in [0.2, 0.25) is 0 Å². The lowest BCUT2D eigenvalue weighted by Gasteiger charge is -2.59. The first kappa shape index (κ1) is 43.3. The lowest BCUT2D eigenvalue weighted by Crippen LogP contribution is -2.66. The van der Waals surface area contributed by atoms with Gasteiger partial charge in [-0.1, -0.05) is 107 Å². The van der Waals surface area contributed by atoms with E-state index in [9.17, 15) is 24.9 Å². The molecular formula is C45H71NO6. The molecule has 3 atom stereocenters. The van der Waals surface area contributed by atoms with Crippen molar-refractivity contribution < 1.29 is 29.6 Å². The Kier molecular flexibility index (Phi) is 11.4. The van der Waals surface area contributed by atoms with Crippen molar-refractivity contribution in [3.05, 3.63) is 57.6 Å². The van der Waals surface area contributed by atoms with Crippen LogP contribution in [0.1, 0.15) is 184 Å². The molecule has 7 heteroatoms. The van der Waals surface area contributed by atoms with Gasteiger partial charge in [0.25, 0.3) is 0 Å². The lowest BCUT2D eigenvalue weighted by molar-refractivity contribution is -0.189. The van der Waals surface area contributed by atoms with Crippen molar-refractivity contribution in [1.29, 1.82) is 0 Å². The quantitative estimate of drug-likeness (QED) is 0.244. The number of benzene rings is 2. The maximum atomic E-state index is 14.0. The molecule has 7 nitrogen and oxygen atoms in total. The lowest BCUT2D eigenvalue weighted by atomic mass is 9.60. The Hall–Kier alpha value is -3.06. The summed E-state index contributed by atoms with van der Waals surface area (Å²) in [5.41, 5.74) is 0.778. The molecule has 2 aromatic rings. The minimum atomic E-state index is -1.25. The number of carboxylic acid groups (broad SMARTS) is 1. The maximum Gasteiger partial charge on any atom is 0.314 e. The van der Waals surface area contributed by atoms with Crippen molar-refractivity contribution in [1.82, 2.24) is 4.90 Å². The smallest absolute Gasteiger partial charge is 0.314 e. The van der Waals surface area contributed by atoms with Crippen LogP contribution in [0.5, 0.6) is 11.5 Å². The third-order valence-electron chi connectivity index (χ3n) is 11.6. The second kappa shape index (κ2) is 13.7. The molecule has 0 aromatic heterocycles. The van der Waals surface area contributed by atoms with Crippen LogP contribution < -0.4 is 0 Å². The molecule has 0 aliphatic carbocycles. The Morgan fingerprint density at radius 3 is 1.31 bits per heavy atom. The van der Waals surface area contributed by atoms with Crippen molar-refractivity contribution in [2.24, 2.45) is 5.92 Å². The van der Waals surface area contributed by atoms with E-state index < -0.39 is 45.4 Å². The highest BCUT2D eigenvalue weighted by atomic mass is 16.6. The SMILES string of the molecule is CC(C(=O)OC(C)N1C(C)(C)CC(C(C)(C(=O)O)c2cc(C(C)(C)C)c(O)c(C(C)(C)C)c2)CC1(C)C)c1cc(C(C)(C)C)c(O)c(C(C)(C)C)c1. The van der Waals surface area contributed by atoms with Crippen LogP contribution in [0.15, 0.2) is 24.3 Å². The minimum absolute atomic E-state index is 0.230. The van der Waals surface area contributed by atoms with E-state index in [2.05, 4.69) is 74.1 Å². The van der Waals surface area contributed by atoms with Crippen molar-refractivity contribution in [3.63, 3.8) is 0 Å². The molecule has 52 heavy (non-hydrogen) atoms. The number of nitrogens with zero attached hydrogens (tertiary/aromatic N) is 1. The fourth-order valence-electron chi connectivity index (χ4n) is 8.81. The maximum absolute atomic E-state index is 14.0. The first-order chi connectivity index (χ1) is 23.1. The molecule has 292 valence electrons. The number of esters is 1. The Labute approximate surface area is 315 Å². The molecule has 1 saturated heterocycles. The Morgan fingerprint density at radius 1 is 0.673 bits per heavy atom. The number of phenols is 2. The number of carboxylic acids is 1. The summed E-state index contributed by atoms with van der Waals surface area (Å²) in [6, 6.07) is 7.70. The first-order valence-corrected chi connectivity index (χ1v) is 19.1. The summed E-state index contributed by atoms with van der Waals surface area (Å²) in [6.45, 7) is 38.6. The average molecular weight is 722 g/mol. The van der Waals surface area contributed by atoms with Crippen molar-refractivity contribution in [2.75, 3.05) is 0 Å². The molecule has 1 aliphatic rings. The molecule has 0 radical (unpaired) electrons. The molecule has 2 aromatic carbocycles. The number of carbonyl (C=O) groups excluding carboxylic acids is 1. The third kappa shape index (κ3) is 8.35. The summed E-state index contributed by atoms with van der Waals surface area (Å²) in [5, 5.41) is 33.8. The predicted molar refractivity (Wildman–Crippen MR) is 213 cm³/mol. The zero-order valence-electron chi connectivity index (χ0n) is 36.0. The van der Waals surface area contributed by atoms with E-state index in [-0.39, 0.29) is 34.2 Å². The van der Waals surface area contributed by atoms with Crippen LogP contribution in [0, 0.1) is 5.92 Å². The zero-order chi connectivity index (χ0) is 40.5. The summed E-state index contributed by atoms with van der Waals surface area (Å²) >= 11 is 0. The summed E-state index contributed by atoms with van der Waals surface area (Å²) in [6.07, 6.45) is 0.511. The Balaban J connectivity index is 2.04. The van der Waals surface area contributed by atoms with Gasteiger partial charge in [0.05, 0.1) is 11.3 Å². The largest absolute Gasteiger partial charge is 0.507 e. The van der Waals surface area contributed by atoms with Gasteiger partial charge in [-0.2, -0.15) is 0 Å². The highest BCUT2D eigenvalue weighted by Crippen LogP contribution is 2.52. The van der Waals surface area contributed by atoms with Gasteiger partial charge in [0.1, 0.15) is 11.5 Å². The molecular weight excluding hydrogens is 650 g/mol. The molecule has 3 rings (SSSR count). The molecule has 1 fully saturated rings. The number of hydrogen-bond donors (Lipinski definition) is 3. The van der Waals surface area contributed by atoms with Crippen LogP contribution >= 0.6 is 0 Å². The molecule has 0 spiro atoms. The number of piperidine rings is 1. The Bertz CT molecular complexity index is 1590. The van der Waals surface area contributed by atoms with E-state index >= 15 is 0 Å². The van der Waals surface area contributed by atoms with E-state index in [4.69, 9.17) is 4.74 Å². The number of rotatable bonds is 7. The van der Waals surface area contributed by atoms with Crippen LogP contribution in [0.25, 0.3) is 0 Å². The number of carbonyl (C=O) groups is 2. The Morgan fingerprint density at radius 2 is 1.00 bits per heavy atom. The van der Waals surface area contributed by atoms with Gasteiger partial charge in [-0.15, -0.1) is 0 Å². The van der Waals surface area contributed by atoms with Gasteiger partial charge in [0.15, 0.2) is 6.23 Å². The predicted octanol–water partition coefficient (Wildman–Crippen LogP) is 10.6. The summed E-state index contributed by atoms with van der Waals surface area (Å²) < 4.78 is 6.31. The third-order valence-corrected chi connectivity index (χ3v) is 11.6. The topological polar surface area (TPSA) is 107 Å². The molecule has 1 heterocycles. The van der Waals surface area contributed by atoms with E-state index in [1.807, 2.05) is 86.6 Å². The first-order valence-electron chi connectivity index (χ1n) is 19.1. The molecule has 0 bridgehead atoms. The molecule has 0 amide bonds. The number of aliphatic carboxylic acids is 1. The number of aromatic hydroxyl groups is 2. The number of likely N-dealkylation sites (tertiary alicyclic amines) is 1. The van der Waals surface area contributed by atoms with Crippen molar-refractivity contribution in [2.45, 2.75) is 195 Å². The standard InChI is InChI=1S/C45H71NO6/c1-26(28-20-31(39(3,4)5)35(47)32(21-28)40(6,7)8)37(49)52-27(2)46-43(15,16)24-30(25-44(46,17)18)45(19,38(50)51)29-22-33(41(9,10)11)36(48)34(23-29)42(12,13)14/h20-23,26-27,30,47-48H,24-25H2,1-19H3,(H,50,51). The highest BCUT2D eigenvalue weighted by molar-refractivity contribution is 5.82. The number of phenolic OH excluding ortho intramolecular Hbond substituents is 2. The van der Waals surface area contributed by atoms with E-state index in [0.717, 1.165) is 27.8 Å². The summed E-state index contributed by atoms with van der Waals surface area (Å²) in [5.74, 6) is -1.58. The fraction of sp³-hybridized carbons (Fsp3) is 0.689.